The fourth-order valence-corrected chi connectivity index (χ4v) is 6.92. The average molecular weight is 348 g/mol. The van der Waals surface area contributed by atoms with Crippen LogP contribution in [-0.4, -0.2) is 8.80 Å². The first kappa shape index (κ1) is 18.2. The Balaban J connectivity index is 1.97. The SMILES string of the molecule is CCCCC[Si](CCCCC)c1cccc2cc3ccccc3cc12. The first-order valence-electron chi connectivity index (χ1n) is 10.1. The maximum Gasteiger partial charge on any atom is 0.0864 e. The standard InChI is InChI=1S/C24H31Si/c1-3-5-9-16-25(17-10-6-4-2)24-15-11-14-22-18-20-12-7-8-13-21(20)19-23(22)24/h7-8,11-15,18-19H,3-6,9-10,16-17H2,1-2H3. The van der Waals surface area contributed by atoms with Crippen molar-refractivity contribution < 1.29 is 0 Å². The van der Waals surface area contributed by atoms with Crippen LogP contribution in [0.5, 0.6) is 0 Å². The van der Waals surface area contributed by atoms with Gasteiger partial charge in [-0.25, -0.2) is 0 Å². The quantitative estimate of drug-likeness (QED) is 0.220. The molecule has 25 heavy (non-hydrogen) atoms. The van der Waals surface area contributed by atoms with E-state index >= 15 is 0 Å². The summed E-state index contributed by atoms with van der Waals surface area (Å²) in [4.78, 5) is 0. The maximum atomic E-state index is 2.45. The van der Waals surface area contributed by atoms with Crippen LogP contribution < -0.4 is 5.19 Å². The molecule has 0 amide bonds. The van der Waals surface area contributed by atoms with Crippen molar-refractivity contribution in [3.63, 3.8) is 0 Å². The van der Waals surface area contributed by atoms with Gasteiger partial charge in [-0.05, 0) is 33.7 Å². The fourth-order valence-electron chi connectivity index (χ4n) is 3.85. The molecule has 0 aliphatic rings. The van der Waals surface area contributed by atoms with Crippen LogP contribution in [0.3, 0.4) is 0 Å². The summed E-state index contributed by atoms with van der Waals surface area (Å²) in [6.45, 7) is 4.63. The molecule has 0 saturated heterocycles. The molecule has 1 heteroatoms. The smallest absolute Gasteiger partial charge is 0.0654 e. The van der Waals surface area contributed by atoms with Crippen LogP contribution in [0, 0.1) is 0 Å². The topological polar surface area (TPSA) is 0 Å². The number of benzene rings is 3. The second kappa shape index (κ2) is 9.19. The number of hydrogen-bond acceptors (Lipinski definition) is 0. The number of fused-ring (bicyclic) bond motifs is 2. The molecule has 0 unspecified atom stereocenters. The first-order chi connectivity index (χ1) is 12.3. The normalized spacial score (nSPS) is 11.6. The Morgan fingerprint density at radius 1 is 0.640 bits per heavy atom. The summed E-state index contributed by atoms with van der Waals surface area (Å²) in [5, 5.41) is 7.36. The average Bonchev–Trinajstić information content (AvgIpc) is 2.65. The van der Waals surface area contributed by atoms with Crippen molar-refractivity contribution in [2.45, 2.75) is 64.5 Å². The lowest BCUT2D eigenvalue weighted by Crippen LogP contribution is -2.30. The molecule has 3 aromatic rings. The predicted molar refractivity (Wildman–Crippen MR) is 116 cm³/mol. The van der Waals surface area contributed by atoms with E-state index in [1.165, 1.54) is 72.2 Å². The molecular weight excluding hydrogens is 316 g/mol. The molecule has 0 bridgehead atoms. The predicted octanol–water partition coefficient (Wildman–Crippen LogP) is 7.08. The minimum absolute atomic E-state index is 0.460. The van der Waals surface area contributed by atoms with Gasteiger partial charge < -0.3 is 0 Å². The van der Waals surface area contributed by atoms with Gasteiger partial charge in [0, 0.05) is 0 Å². The third-order valence-corrected chi connectivity index (χ3v) is 8.40. The van der Waals surface area contributed by atoms with Crippen molar-refractivity contribution in [1.29, 1.82) is 0 Å². The molecule has 0 spiro atoms. The summed E-state index contributed by atoms with van der Waals surface area (Å²) >= 11 is 0. The van der Waals surface area contributed by atoms with Crippen LogP contribution in [0.15, 0.2) is 54.6 Å². The molecule has 3 rings (SSSR count). The zero-order valence-electron chi connectivity index (χ0n) is 15.9. The second-order valence-electron chi connectivity index (χ2n) is 7.24. The van der Waals surface area contributed by atoms with E-state index in [0.717, 1.165) is 0 Å². The Labute approximate surface area is 154 Å². The third-order valence-electron chi connectivity index (χ3n) is 5.29. The summed E-state index contributed by atoms with van der Waals surface area (Å²) < 4.78 is 0. The van der Waals surface area contributed by atoms with Gasteiger partial charge in [-0.3, -0.25) is 0 Å². The Hall–Kier alpha value is -1.60. The lowest BCUT2D eigenvalue weighted by Gasteiger charge is -2.18. The minimum Gasteiger partial charge on any atom is -0.0654 e. The van der Waals surface area contributed by atoms with Crippen molar-refractivity contribution in [1.82, 2.24) is 0 Å². The van der Waals surface area contributed by atoms with Gasteiger partial charge in [-0.2, -0.15) is 0 Å². The lowest BCUT2D eigenvalue weighted by molar-refractivity contribution is 0.748. The van der Waals surface area contributed by atoms with Crippen molar-refractivity contribution in [2.75, 3.05) is 0 Å². The summed E-state index contributed by atoms with van der Waals surface area (Å²) in [7, 11) is -0.460. The Morgan fingerprint density at radius 2 is 1.24 bits per heavy atom. The van der Waals surface area contributed by atoms with Gasteiger partial charge in [0.1, 0.15) is 0 Å². The van der Waals surface area contributed by atoms with E-state index in [9.17, 15) is 0 Å². The molecule has 0 atom stereocenters. The molecular formula is C24H31Si. The highest BCUT2D eigenvalue weighted by molar-refractivity contribution is 6.75. The highest BCUT2D eigenvalue weighted by Crippen LogP contribution is 2.23. The van der Waals surface area contributed by atoms with E-state index < -0.39 is 8.80 Å². The molecule has 0 aromatic heterocycles. The van der Waals surface area contributed by atoms with Crippen molar-refractivity contribution in [3.05, 3.63) is 54.6 Å². The highest BCUT2D eigenvalue weighted by Gasteiger charge is 2.16. The molecule has 0 fully saturated rings. The van der Waals surface area contributed by atoms with E-state index in [1.54, 1.807) is 5.19 Å². The molecule has 131 valence electrons. The molecule has 0 heterocycles. The van der Waals surface area contributed by atoms with Gasteiger partial charge in [0.2, 0.25) is 0 Å². The van der Waals surface area contributed by atoms with E-state index in [2.05, 4.69) is 68.4 Å². The lowest BCUT2D eigenvalue weighted by atomic mass is 10.0. The highest BCUT2D eigenvalue weighted by atomic mass is 28.3. The zero-order valence-corrected chi connectivity index (χ0v) is 16.9. The van der Waals surface area contributed by atoms with Gasteiger partial charge >= 0.3 is 0 Å². The number of rotatable bonds is 9. The van der Waals surface area contributed by atoms with Crippen LogP contribution >= 0.6 is 0 Å². The second-order valence-corrected chi connectivity index (χ2v) is 9.99. The first-order valence-corrected chi connectivity index (χ1v) is 12.0. The number of hydrogen-bond donors (Lipinski definition) is 0. The van der Waals surface area contributed by atoms with E-state index in [-0.39, 0.29) is 0 Å². The van der Waals surface area contributed by atoms with E-state index in [1.807, 2.05) is 0 Å². The van der Waals surface area contributed by atoms with Crippen molar-refractivity contribution >= 4 is 35.5 Å². The van der Waals surface area contributed by atoms with E-state index in [4.69, 9.17) is 0 Å². The van der Waals surface area contributed by atoms with Gasteiger partial charge in [-0.1, -0.05) is 112 Å². The minimum atomic E-state index is -0.460. The van der Waals surface area contributed by atoms with Crippen LogP contribution in [0.25, 0.3) is 21.5 Å². The molecule has 1 radical (unpaired) electrons. The Kier molecular flexibility index (Phi) is 6.69. The molecule has 0 saturated carbocycles. The molecule has 0 nitrogen and oxygen atoms in total. The van der Waals surface area contributed by atoms with Crippen LogP contribution in [-0.2, 0) is 0 Å². The van der Waals surface area contributed by atoms with Crippen LogP contribution in [0.2, 0.25) is 12.1 Å². The summed E-state index contributed by atoms with van der Waals surface area (Å²) in [5.74, 6) is 0. The van der Waals surface area contributed by atoms with Gasteiger partial charge in [-0.15, -0.1) is 0 Å². The monoisotopic (exact) mass is 347 g/mol. The van der Waals surface area contributed by atoms with Gasteiger partial charge in [0.25, 0.3) is 0 Å². The van der Waals surface area contributed by atoms with Crippen LogP contribution in [0.4, 0.5) is 0 Å². The molecule has 3 aromatic carbocycles. The van der Waals surface area contributed by atoms with Crippen molar-refractivity contribution in [2.24, 2.45) is 0 Å². The number of unbranched alkanes of at least 4 members (excludes halogenated alkanes) is 4. The van der Waals surface area contributed by atoms with E-state index in [0.29, 0.717) is 0 Å². The summed E-state index contributed by atoms with van der Waals surface area (Å²) in [5.41, 5.74) is 0. The summed E-state index contributed by atoms with van der Waals surface area (Å²) in [6.07, 6.45) is 8.22. The molecule has 0 aliphatic carbocycles. The van der Waals surface area contributed by atoms with Gasteiger partial charge in [0.15, 0.2) is 0 Å². The fraction of sp³-hybridized carbons (Fsp3) is 0.417. The molecule has 0 N–H and O–H groups in total. The van der Waals surface area contributed by atoms with Crippen LogP contribution in [0.1, 0.15) is 52.4 Å². The third kappa shape index (κ3) is 4.52. The maximum absolute atomic E-state index is 2.45. The Bertz CT molecular complexity index is 795. The van der Waals surface area contributed by atoms with Crippen molar-refractivity contribution in [3.8, 4) is 0 Å². The Morgan fingerprint density at radius 3 is 1.88 bits per heavy atom. The molecule has 0 aliphatic heterocycles. The zero-order chi connectivity index (χ0) is 17.5. The van der Waals surface area contributed by atoms with Gasteiger partial charge in [0.05, 0.1) is 8.80 Å². The largest absolute Gasteiger partial charge is 0.0864 e. The summed E-state index contributed by atoms with van der Waals surface area (Å²) in [6, 6.07) is 23.5.